The second-order valence-electron chi connectivity index (χ2n) is 3.49. The maximum atomic E-state index is 12.0. The summed E-state index contributed by atoms with van der Waals surface area (Å²) < 4.78 is 5.03. The highest BCUT2D eigenvalue weighted by Crippen LogP contribution is 2.09. The van der Waals surface area contributed by atoms with Gasteiger partial charge in [0.15, 0.2) is 6.39 Å². The van der Waals surface area contributed by atoms with Crippen molar-refractivity contribution in [3.05, 3.63) is 17.8 Å². The van der Waals surface area contributed by atoms with Gasteiger partial charge in [0.2, 0.25) is 5.76 Å². The number of carbonyl (C=O) groups excluding carboxylic acids is 1. The average Bonchev–Trinajstić information content (AvgIpc) is 2.75. The minimum absolute atomic E-state index is 0.0885. The Bertz CT molecular complexity index is 413. The second kappa shape index (κ2) is 5.88. The molecule has 94 valence electrons. The first-order valence-corrected chi connectivity index (χ1v) is 5.25. The third-order valence-corrected chi connectivity index (χ3v) is 2.38. The van der Waals surface area contributed by atoms with E-state index in [-0.39, 0.29) is 17.5 Å². The van der Waals surface area contributed by atoms with Crippen LogP contribution in [0.1, 0.15) is 29.6 Å². The van der Waals surface area contributed by atoms with Crippen molar-refractivity contribution in [3.8, 4) is 0 Å². The van der Waals surface area contributed by atoms with Gasteiger partial charge in [-0.3, -0.25) is 4.79 Å². The molecule has 0 aromatic carbocycles. The predicted molar refractivity (Wildman–Crippen MR) is 60.8 cm³/mol. The number of aryl methyl sites for hydroxylation is 1. The summed E-state index contributed by atoms with van der Waals surface area (Å²) in [6.45, 7) is 4.42. The topological polar surface area (TPSA) is 105 Å². The van der Waals surface area contributed by atoms with Crippen LogP contribution in [0.2, 0.25) is 0 Å². The zero-order valence-electron chi connectivity index (χ0n) is 9.88. The van der Waals surface area contributed by atoms with E-state index in [1.807, 2.05) is 6.92 Å². The van der Waals surface area contributed by atoms with Crippen molar-refractivity contribution in [1.82, 2.24) is 9.88 Å². The minimum atomic E-state index is -0.242. The number of amides is 1. The van der Waals surface area contributed by atoms with Crippen molar-refractivity contribution >= 4 is 11.7 Å². The van der Waals surface area contributed by atoms with Crippen molar-refractivity contribution in [2.24, 2.45) is 10.9 Å². The molecule has 3 N–H and O–H groups in total. The molecule has 1 rings (SSSR count). The van der Waals surface area contributed by atoms with Crippen LogP contribution in [0.3, 0.4) is 0 Å². The predicted octanol–water partition coefficient (Wildman–Crippen LogP) is 0.582. The fraction of sp³-hybridized carbons (Fsp3) is 0.500. The van der Waals surface area contributed by atoms with E-state index in [0.29, 0.717) is 25.2 Å². The van der Waals surface area contributed by atoms with Crippen LogP contribution in [-0.4, -0.2) is 39.9 Å². The molecule has 0 spiro atoms. The van der Waals surface area contributed by atoms with Crippen LogP contribution >= 0.6 is 0 Å². The minimum Gasteiger partial charge on any atom is -0.438 e. The van der Waals surface area contributed by atoms with Crippen LogP contribution in [0.4, 0.5) is 0 Å². The van der Waals surface area contributed by atoms with Crippen LogP contribution in [0.25, 0.3) is 0 Å². The van der Waals surface area contributed by atoms with Gasteiger partial charge in [-0.05, 0) is 13.8 Å². The van der Waals surface area contributed by atoms with E-state index in [4.69, 9.17) is 15.4 Å². The van der Waals surface area contributed by atoms with E-state index in [0.717, 1.165) is 0 Å². The molecule has 0 aliphatic rings. The first-order valence-electron chi connectivity index (χ1n) is 5.25. The summed E-state index contributed by atoms with van der Waals surface area (Å²) in [6.07, 6.45) is 1.54. The summed E-state index contributed by atoms with van der Waals surface area (Å²) in [5, 5.41) is 11.3. The molecule has 0 aliphatic carbocycles. The van der Waals surface area contributed by atoms with Gasteiger partial charge in [-0.2, -0.15) is 0 Å². The molecule has 0 aliphatic heterocycles. The maximum Gasteiger partial charge on any atom is 0.291 e. The fourth-order valence-corrected chi connectivity index (χ4v) is 1.35. The number of amidine groups is 1. The molecule has 1 amide bonds. The molecule has 1 aromatic rings. The van der Waals surface area contributed by atoms with Crippen molar-refractivity contribution < 1.29 is 14.4 Å². The Morgan fingerprint density at radius 2 is 2.41 bits per heavy atom. The third kappa shape index (κ3) is 3.20. The summed E-state index contributed by atoms with van der Waals surface area (Å²) in [5.74, 6) is 0.0742. The maximum absolute atomic E-state index is 12.0. The molecule has 7 nitrogen and oxygen atoms in total. The normalized spacial score (nSPS) is 11.5. The lowest BCUT2D eigenvalue weighted by molar-refractivity contribution is 0.0735. The SMILES string of the molecule is CCN(CCC(N)=NO)C(=O)c1ocnc1C. The van der Waals surface area contributed by atoms with E-state index in [1.54, 1.807) is 11.8 Å². The van der Waals surface area contributed by atoms with Crippen LogP contribution < -0.4 is 5.73 Å². The Labute approximate surface area is 98.9 Å². The zero-order valence-corrected chi connectivity index (χ0v) is 9.88. The number of nitrogens with zero attached hydrogens (tertiary/aromatic N) is 3. The summed E-state index contributed by atoms with van der Waals surface area (Å²) in [4.78, 5) is 17.4. The second-order valence-corrected chi connectivity index (χ2v) is 3.49. The highest BCUT2D eigenvalue weighted by atomic mass is 16.4. The number of hydrogen-bond donors (Lipinski definition) is 2. The van der Waals surface area contributed by atoms with Crippen molar-refractivity contribution in [1.29, 1.82) is 0 Å². The highest BCUT2D eigenvalue weighted by molar-refractivity contribution is 5.92. The van der Waals surface area contributed by atoms with E-state index < -0.39 is 0 Å². The molecular weight excluding hydrogens is 224 g/mol. The molecule has 0 fully saturated rings. The lowest BCUT2D eigenvalue weighted by atomic mass is 10.3. The van der Waals surface area contributed by atoms with Gasteiger partial charge in [0, 0.05) is 19.5 Å². The highest BCUT2D eigenvalue weighted by Gasteiger charge is 2.20. The number of oxazole rings is 1. The lowest BCUT2D eigenvalue weighted by Crippen LogP contribution is -2.34. The molecule has 0 radical (unpaired) electrons. The Morgan fingerprint density at radius 1 is 1.71 bits per heavy atom. The van der Waals surface area contributed by atoms with Gasteiger partial charge >= 0.3 is 0 Å². The van der Waals surface area contributed by atoms with E-state index in [9.17, 15) is 4.79 Å². The van der Waals surface area contributed by atoms with Gasteiger partial charge in [0.1, 0.15) is 5.84 Å². The van der Waals surface area contributed by atoms with Crippen molar-refractivity contribution in [2.45, 2.75) is 20.3 Å². The third-order valence-electron chi connectivity index (χ3n) is 2.38. The van der Waals surface area contributed by atoms with E-state index in [2.05, 4.69) is 10.1 Å². The molecule has 0 unspecified atom stereocenters. The summed E-state index contributed by atoms with van der Waals surface area (Å²) >= 11 is 0. The smallest absolute Gasteiger partial charge is 0.291 e. The monoisotopic (exact) mass is 240 g/mol. The first-order chi connectivity index (χ1) is 8.10. The van der Waals surface area contributed by atoms with Gasteiger partial charge in [0.05, 0.1) is 5.69 Å². The van der Waals surface area contributed by atoms with E-state index in [1.165, 1.54) is 6.39 Å². The first kappa shape index (κ1) is 13.0. The van der Waals surface area contributed by atoms with Gasteiger partial charge < -0.3 is 20.3 Å². The molecule has 7 heteroatoms. The Hall–Kier alpha value is -2.05. The van der Waals surface area contributed by atoms with Gasteiger partial charge in [-0.1, -0.05) is 5.16 Å². The van der Waals surface area contributed by atoms with Crippen molar-refractivity contribution in [2.75, 3.05) is 13.1 Å². The van der Waals surface area contributed by atoms with E-state index >= 15 is 0 Å². The van der Waals surface area contributed by atoms with Crippen LogP contribution in [0, 0.1) is 6.92 Å². The Morgan fingerprint density at radius 3 is 2.88 bits per heavy atom. The molecule has 0 saturated heterocycles. The summed E-state index contributed by atoms with van der Waals surface area (Å²) in [7, 11) is 0. The van der Waals surface area contributed by atoms with Crippen LogP contribution in [0.15, 0.2) is 16.0 Å². The van der Waals surface area contributed by atoms with Gasteiger partial charge in [0.25, 0.3) is 5.91 Å². The molecule has 1 heterocycles. The van der Waals surface area contributed by atoms with Crippen LogP contribution in [-0.2, 0) is 0 Å². The number of oxime groups is 1. The molecule has 1 aromatic heterocycles. The quantitative estimate of drug-likeness (QED) is 0.339. The zero-order chi connectivity index (χ0) is 12.8. The van der Waals surface area contributed by atoms with Crippen LogP contribution in [0.5, 0.6) is 0 Å². The van der Waals surface area contributed by atoms with Gasteiger partial charge in [-0.25, -0.2) is 4.98 Å². The average molecular weight is 240 g/mol. The van der Waals surface area contributed by atoms with Gasteiger partial charge in [-0.15, -0.1) is 0 Å². The lowest BCUT2D eigenvalue weighted by Gasteiger charge is -2.19. The fourth-order valence-electron chi connectivity index (χ4n) is 1.35. The number of rotatable bonds is 5. The Kier molecular flexibility index (Phi) is 4.50. The summed E-state index contributed by atoms with van der Waals surface area (Å²) in [5.41, 5.74) is 5.90. The van der Waals surface area contributed by atoms with Crippen molar-refractivity contribution in [3.63, 3.8) is 0 Å². The molecule has 0 atom stereocenters. The summed E-state index contributed by atoms with van der Waals surface area (Å²) in [6, 6.07) is 0. The molecular formula is C10H16N4O3. The number of aromatic nitrogens is 1. The number of nitrogens with two attached hydrogens (primary N) is 1. The molecule has 0 saturated carbocycles. The standard InChI is InChI=1S/C10H16N4O3/c1-3-14(5-4-8(11)13-16)10(15)9-7(2)12-6-17-9/h6,16H,3-5H2,1-2H3,(H2,11,13). The largest absolute Gasteiger partial charge is 0.438 e. The molecule has 17 heavy (non-hydrogen) atoms. The Balaban J connectivity index is 2.68. The molecule has 0 bridgehead atoms. The number of hydrogen-bond acceptors (Lipinski definition) is 5. The number of carbonyl (C=O) groups is 1.